The Morgan fingerprint density at radius 3 is 2.89 bits per heavy atom. The van der Waals surface area contributed by atoms with Gasteiger partial charge in [0.05, 0.1) is 0 Å². The Hall–Kier alpha value is -1.55. The lowest BCUT2D eigenvalue weighted by Crippen LogP contribution is -2.42. The van der Waals surface area contributed by atoms with E-state index in [9.17, 15) is 4.79 Å². The van der Waals surface area contributed by atoms with E-state index in [1.165, 1.54) is 11.3 Å². The molecule has 18 heavy (non-hydrogen) atoms. The number of hydrogen-bond donors (Lipinski definition) is 1. The predicted molar refractivity (Wildman–Crippen MR) is 73.4 cm³/mol. The lowest BCUT2D eigenvalue weighted by molar-refractivity contribution is -0.133. The van der Waals surface area contributed by atoms with Crippen molar-refractivity contribution in [2.45, 2.75) is 25.9 Å². The van der Waals surface area contributed by atoms with Crippen molar-refractivity contribution in [1.82, 2.24) is 4.90 Å². The van der Waals surface area contributed by atoms with E-state index < -0.39 is 0 Å². The van der Waals surface area contributed by atoms with Crippen LogP contribution < -0.4 is 10.6 Å². The van der Waals surface area contributed by atoms with Crippen molar-refractivity contribution >= 4 is 11.6 Å². The van der Waals surface area contributed by atoms with Crippen molar-refractivity contribution in [3.05, 3.63) is 29.8 Å². The molecule has 1 aromatic carbocycles. The average Bonchev–Trinajstić information content (AvgIpc) is 2.47. The molecule has 1 amide bonds. The molecule has 1 atom stereocenters. The molecule has 0 radical (unpaired) electrons. The van der Waals surface area contributed by atoms with Gasteiger partial charge in [-0.1, -0.05) is 18.2 Å². The number of fused-ring (bicyclic) bond motifs is 1. The van der Waals surface area contributed by atoms with E-state index in [0.29, 0.717) is 19.5 Å². The Balaban J connectivity index is 2.28. The van der Waals surface area contributed by atoms with Crippen LogP contribution >= 0.6 is 0 Å². The minimum Gasteiger partial charge on any atom is -0.372 e. The SMILES string of the molecule is C[C@H]1CN(C)c2ccccc2CN1C(=O)CCN. The lowest BCUT2D eigenvalue weighted by atomic mass is 10.1. The van der Waals surface area contributed by atoms with E-state index in [-0.39, 0.29) is 11.9 Å². The molecule has 1 aliphatic rings. The quantitative estimate of drug-likeness (QED) is 0.854. The summed E-state index contributed by atoms with van der Waals surface area (Å²) < 4.78 is 0. The van der Waals surface area contributed by atoms with Crippen LogP contribution in [0.25, 0.3) is 0 Å². The highest BCUT2D eigenvalue weighted by atomic mass is 16.2. The molecule has 0 spiro atoms. The molecule has 2 rings (SSSR count). The molecule has 1 heterocycles. The number of hydrogen-bond acceptors (Lipinski definition) is 3. The van der Waals surface area contributed by atoms with Crippen LogP contribution in [0.1, 0.15) is 18.9 Å². The summed E-state index contributed by atoms with van der Waals surface area (Å²) in [5.41, 5.74) is 7.90. The van der Waals surface area contributed by atoms with Gasteiger partial charge in [0, 0.05) is 44.8 Å². The molecule has 4 heteroatoms. The summed E-state index contributed by atoms with van der Waals surface area (Å²) in [6.07, 6.45) is 0.427. The summed E-state index contributed by atoms with van der Waals surface area (Å²) in [6, 6.07) is 8.47. The monoisotopic (exact) mass is 247 g/mol. The molecule has 0 aliphatic carbocycles. The number of nitrogens with two attached hydrogens (primary N) is 1. The van der Waals surface area contributed by atoms with Crippen molar-refractivity contribution in [2.24, 2.45) is 5.73 Å². The van der Waals surface area contributed by atoms with Crippen LogP contribution in [0, 0.1) is 0 Å². The smallest absolute Gasteiger partial charge is 0.224 e. The van der Waals surface area contributed by atoms with E-state index in [1.807, 2.05) is 17.0 Å². The van der Waals surface area contributed by atoms with Gasteiger partial charge in [-0.05, 0) is 18.6 Å². The van der Waals surface area contributed by atoms with Crippen molar-refractivity contribution in [3.8, 4) is 0 Å². The van der Waals surface area contributed by atoms with Gasteiger partial charge in [-0.25, -0.2) is 0 Å². The number of anilines is 1. The summed E-state index contributed by atoms with van der Waals surface area (Å²) in [6.45, 7) is 4.05. The highest BCUT2D eigenvalue weighted by molar-refractivity contribution is 5.77. The topological polar surface area (TPSA) is 49.6 Å². The van der Waals surface area contributed by atoms with E-state index in [2.05, 4.69) is 31.0 Å². The highest BCUT2D eigenvalue weighted by Gasteiger charge is 2.25. The Morgan fingerprint density at radius 2 is 2.17 bits per heavy atom. The zero-order valence-corrected chi connectivity index (χ0v) is 11.1. The summed E-state index contributed by atoms with van der Waals surface area (Å²) in [5.74, 6) is 0.148. The molecule has 1 aliphatic heterocycles. The van der Waals surface area contributed by atoms with Crippen LogP contribution in [-0.4, -0.2) is 37.0 Å². The summed E-state index contributed by atoms with van der Waals surface area (Å²) in [5, 5.41) is 0. The van der Waals surface area contributed by atoms with E-state index in [4.69, 9.17) is 5.73 Å². The van der Waals surface area contributed by atoms with Crippen molar-refractivity contribution in [1.29, 1.82) is 0 Å². The summed E-state index contributed by atoms with van der Waals surface area (Å²) in [4.78, 5) is 16.3. The van der Waals surface area contributed by atoms with Crippen LogP contribution in [0.4, 0.5) is 5.69 Å². The molecule has 0 fully saturated rings. The normalized spacial score (nSPS) is 19.4. The molecule has 0 bridgehead atoms. The molecule has 0 saturated carbocycles. The molecular weight excluding hydrogens is 226 g/mol. The molecule has 0 unspecified atom stereocenters. The number of carbonyl (C=O) groups excluding carboxylic acids is 1. The lowest BCUT2D eigenvalue weighted by Gasteiger charge is -2.28. The van der Waals surface area contributed by atoms with Crippen LogP contribution in [-0.2, 0) is 11.3 Å². The molecule has 4 nitrogen and oxygen atoms in total. The van der Waals surface area contributed by atoms with Gasteiger partial charge in [0.2, 0.25) is 5.91 Å². The van der Waals surface area contributed by atoms with Gasteiger partial charge in [-0.3, -0.25) is 4.79 Å². The molecular formula is C14H21N3O. The second kappa shape index (κ2) is 5.40. The summed E-state index contributed by atoms with van der Waals surface area (Å²) >= 11 is 0. The largest absolute Gasteiger partial charge is 0.372 e. The Morgan fingerprint density at radius 1 is 1.44 bits per heavy atom. The number of amides is 1. The fourth-order valence-electron chi connectivity index (χ4n) is 2.55. The first-order valence-electron chi connectivity index (χ1n) is 6.42. The number of para-hydroxylation sites is 1. The van der Waals surface area contributed by atoms with Gasteiger partial charge < -0.3 is 15.5 Å². The third kappa shape index (κ3) is 2.48. The molecule has 0 saturated heterocycles. The van der Waals surface area contributed by atoms with Gasteiger partial charge in [-0.15, -0.1) is 0 Å². The first kappa shape index (κ1) is 12.9. The molecule has 1 aromatic rings. The Labute approximate surface area is 108 Å². The zero-order chi connectivity index (χ0) is 13.1. The van der Waals surface area contributed by atoms with Crippen LogP contribution in [0.3, 0.4) is 0 Å². The maximum Gasteiger partial charge on any atom is 0.224 e. The highest BCUT2D eigenvalue weighted by Crippen LogP contribution is 2.26. The third-order valence-electron chi connectivity index (χ3n) is 3.49. The van der Waals surface area contributed by atoms with Crippen LogP contribution in [0.5, 0.6) is 0 Å². The third-order valence-corrected chi connectivity index (χ3v) is 3.49. The summed E-state index contributed by atoms with van der Waals surface area (Å²) in [7, 11) is 2.08. The van der Waals surface area contributed by atoms with Crippen molar-refractivity contribution in [3.63, 3.8) is 0 Å². The number of likely N-dealkylation sites (N-methyl/N-ethyl adjacent to an activating group) is 1. The van der Waals surface area contributed by atoms with Crippen LogP contribution in [0.15, 0.2) is 24.3 Å². The van der Waals surface area contributed by atoms with Crippen LogP contribution in [0.2, 0.25) is 0 Å². The van der Waals surface area contributed by atoms with Crippen molar-refractivity contribution < 1.29 is 4.79 Å². The fraction of sp³-hybridized carbons (Fsp3) is 0.500. The number of carbonyl (C=O) groups is 1. The average molecular weight is 247 g/mol. The zero-order valence-electron chi connectivity index (χ0n) is 11.1. The van der Waals surface area contributed by atoms with Gasteiger partial charge in [-0.2, -0.15) is 0 Å². The molecule has 0 aromatic heterocycles. The minimum absolute atomic E-state index is 0.148. The molecule has 2 N–H and O–H groups in total. The maximum atomic E-state index is 12.1. The van der Waals surface area contributed by atoms with Gasteiger partial charge in [0.25, 0.3) is 0 Å². The van der Waals surface area contributed by atoms with Gasteiger partial charge >= 0.3 is 0 Å². The van der Waals surface area contributed by atoms with Gasteiger partial charge in [0.1, 0.15) is 0 Å². The second-order valence-corrected chi connectivity index (χ2v) is 4.92. The number of benzene rings is 1. The van der Waals surface area contributed by atoms with Gasteiger partial charge in [0.15, 0.2) is 0 Å². The van der Waals surface area contributed by atoms with E-state index in [1.54, 1.807) is 0 Å². The predicted octanol–water partition coefficient (Wildman–Crippen LogP) is 1.20. The Kier molecular flexibility index (Phi) is 3.87. The van der Waals surface area contributed by atoms with E-state index in [0.717, 1.165) is 6.54 Å². The number of nitrogens with zero attached hydrogens (tertiary/aromatic N) is 2. The number of rotatable bonds is 2. The fourth-order valence-corrected chi connectivity index (χ4v) is 2.55. The first-order chi connectivity index (χ1) is 8.63. The second-order valence-electron chi connectivity index (χ2n) is 4.92. The first-order valence-corrected chi connectivity index (χ1v) is 6.42. The van der Waals surface area contributed by atoms with Crippen molar-refractivity contribution in [2.75, 3.05) is 25.0 Å². The standard InChI is InChI=1S/C14H21N3O/c1-11-9-16(2)13-6-4-3-5-12(13)10-17(11)14(18)7-8-15/h3-6,11H,7-10,15H2,1-2H3/t11-/m0/s1. The maximum absolute atomic E-state index is 12.1. The minimum atomic E-state index is 0.148. The molecule has 98 valence electrons. The van der Waals surface area contributed by atoms with E-state index >= 15 is 0 Å². The Bertz CT molecular complexity index is 433.